The number of aromatic nitrogens is 2. The van der Waals surface area contributed by atoms with Gasteiger partial charge in [-0.1, -0.05) is 24.3 Å². The summed E-state index contributed by atoms with van der Waals surface area (Å²) in [6.45, 7) is 0.223. The molecule has 29 heavy (non-hydrogen) atoms. The summed E-state index contributed by atoms with van der Waals surface area (Å²) in [5.74, 6) is -0.525. The Labute approximate surface area is 165 Å². The lowest BCUT2D eigenvalue weighted by molar-refractivity contribution is -0.138. The van der Waals surface area contributed by atoms with Crippen LogP contribution in [0.3, 0.4) is 0 Å². The molecule has 0 aliphatic carbocycles. The second kappa shape index (κ2) is 8.52. The SMILES string of the molecule is CN(CCC(Nc1nc2ccccc2[nH]1)c1cccc(C(F)(F)F)c1)CC(=O)O. The molecular weight excluding hydrogens is 385 g/mol. The highest BCUT2D eigenvalue weighted by Gasteiger charge is 2.31. The summed E-state index contributed by atoms with van der Waals surface area (Å²) in [5, 5.41) is 12.1. The standard InChI is InChI=1S/C20H21F3N4O2/c1-27(12-18(28)29)10-9-15(13-5-4-6-14(11-13)20(21,22)23)24-19-25-16-7-2-3-8-17(16)26-19/h2-8,11,15H,9-10,12H2,1H3,(H,28,29)(H2,24,25,26). The Morgan fingerprint density at radius 1 is 1.24 bits per heavy atom. The van der Waals surface area contributed by atoms with Gasteiger partial charge in [0.05, 0.1) is 29.2 Å². The summed E-state index contributed by atoms with van der Waals surface area (Å²) in [4.78, 5) is 20.0. The van der Waals surface area contributed by atoms with Gasteiger partial charge in [0.25, 0.3) is 0 Å². The second-order valence-electron chi connectivity index (χ2n) is 6.84. The third-order valence-corrected chi connectivity index (χ3v) is 4.52. The maximum absolute atomic E-state index is 13.1. The van der Waals surface area contributed by atoms with E-state index in [1.807, 2.05) is 24.3 Å². The molecule has 3 aromatic rings. The highest BCUT2D eigenvalue weighted by molar-refractivity contribution is 5.77. The average molecular weight is 406 g/mol. The molecule has 0 bridgehead atoms. The topological polar surface area (TPSA) is 81.2 Å². The van der Waals surface area contributed by atoms with Gasteiger partial charge in [0, 0.05) is 6.54 Å². The molecule has 1 heterocycles. The molecule has 154 valence electrons. The summed E-state index contributed by atoms with van der Waals surface area (Å²) >= 11 is 0. The number of para-hydroxylation sites is 2. The largest absolute Gasteiger partial charge is 0.480 e. The van der Waals surface area contributed by atoms with Crippen LogP contribution in [0, 0.1) is 0 Å². The zero-order valence-electron chi connectivity index (χ0n) is 15.7. The van der Waals surface area contributed by atoms with Gasteiger partial charge < -0.3 is 15.4 Å². The molecule has 0 spiro atoms. The van der Waals surface area contributed by atoms with Gasteiger partial charge in [0.2, 0.25) is 5.95 Å². The number of benzene rings is 2. The van der Waals surface area contributed by atoms with Gasteiger partial charge in [-0.3, -0.25) is 9.69 Å². The number of imidazole rings is 1. The number of aromatic amines is 1. The molecule has 1 unspecified atom stereocenters. The van der Waals surface area contributed by atoms with Crippen LogP contribution in [0.5, 0.6) is 0 Å². The molecule has 1 atom stereocenters. The number of hydrogen-bond donors (Lipinski definition) is 3. The van der Waals surface area contributed by atoms with Crippen LogP contribution in [-0.2, 0) is 11.0 Å². The molecule has 0 saturated heterocycles. The first-order chi connectivity index (χ1) is 13.7. The Morgan fingerprint density at radius 3 is 2.69 bits per heavy atom. The van der Waals surface area contributed by atoms with E-state index >= 15 is 0 Å². The van der Waals surface area contributed by atoms with Crippen molar-refractivity contribution < 1.29 is 23.1 Å². The summed E-state index contributed by atoms with van der Waals surface area (Å²) in [5.41, 5.74) is 1.26. The van der Waals surface area contributed by atoms with Crippen LogP contribution in [0.4, 0.5) is 19.1 Å². The van der Waals surface area contributed by atoms with E-state index in [-0.39, 0.29) is 6.54 Å². The summed E-state index contributed by atoms with van der Waals surface area (Å²) in [6, 6.07) is 12.0. The summed E-state index contributed by atoms with van der Waals surface area (Å²) < 4.78 is 39.4. The van der Waals surface area contributed by atoms with E-state index in [2.05, 4.69) is 15.3 Å². The molecule has 6 nitrogen and oxygen atoms in total. The summed E-state index contributed by atoms with van der Waals surface area (Å²) in [7, 11) is 1.65. The first-order valence-corrected chi connectivity index (χ1v) is 9.01. The van der Waals surface area contributed by atoms with Crippen molar-refractivity contribution in [3.05, 3.63) is 59.7 Å². The normalized spacial score (nSPS) is 13.0. The van der Waals surface area contributed by atoms with Crippen molar-refractivity contribution in [2.45, 2.75) is 18.6 Å². The number of aliphatic carboxylic acids is 1. The number of anilines is 1. The molecule has 0 saturated carbocycles. The van der Waals surface area contributed by atoms with Crippen molar-refractivity contribution in [3.8, 4) is 0 Å². The van der Waals surface area contributed by atoms with Crippen LogP contribution >= 0.6 is 0 Å². The molecule has 3 N–H and O–H groups in total. The van der Waals surface area contributed by atoms with E-state index in [4.69, 9.17) is 5.11 Å². The monoisotopic (exact) mass is 406 g/mol. The highest BCUT2D eigenvalue weighted by atomic mass is 19.4. The van der Waals surface area contributed by atoms with E-state index in [1.54, 1.807) is 18.0 Å². The Hall–Kier alpha value is -3.07. The van der Waals surface area contributed by atoms with E-state index < -0.39 is 23.8 Å². The number of halogens is 3. The van der Waals surface area contributed by atoms with Gasteiger partial charge >= 0.3 is 12.1 Å². The number of fused-ring (bicyclic) bond motifs is 1. The number of likely N-dealkylation sites (N-methyl/N-ethyl adjacent to an activating group) is 1. The predicted molar refractivity (Wildman–Crippen MR) is 104 cm³/mol. The Morgan fingerprint density at radius 2 is 2.00 bits per heavy atom. The average Bonchev–Trinajstić information content (AvgIpc) is 3.06. The van der Waals surface area contributed by atoms with Crippen molar-refractivity contribution >= 4 is 23.0 Å². The van der Waals surface area contributed by atoms with Crippen molar-refractivity contribution in [1.82, 2.24) is 14.9 Å². The van der Waals surface area contributed by atoms with E-state index in [9.17, 15) is 18.0 Å². The van der Waals surface area contributed by atoms with Crippen LogP contribution in [0.2, 0.25) is 0 Å². The molecule has 0 aliphatic heterocycles. The smallest absolute Gasteiger partial charge is 0.416 e. The van der Waals surface area contributed by atoms with Crippen LogP contribution in [0.1, 0.15) is 23.6 Å². The zero-order chi connectivity index (χ0) is 21.0. The maximum Gasteiger partial charge on any atom is 0.416 e. The highest BCUT2D eigenvalue weighted by Crippen LogP contribution is 2.32. The van der Waals surface area contributed by atoms with Crippen molar-refractivity contribution in [1.29, 1.82) is 0 Å². The van der Waals surface area contributed by atoms with Gasteiger partial charge in [-0.25, -0.2) is 4.98 Å². The van der Waals surface area contributed by atoms with Crippen molar-refractivity contribution in [2.24, 2.45) is 0 Å². The number of carboxylic acid groups (broad SMARTS) is 1. The lowest BCUT2D eigenvalue weighted by Gasteiger charge is -2.23. The van der Waals surface area contributed by atoms with Crippen LogP contribution in [0.25, 0.3) is 11.0 Å². The fourth-order valence-corrected chi connectivity index (χ4v) is 3.10. The molecule has 0 amide bonds. The number of alkyl halides is 3. The Kier molecular flexibility index (Phi) is 6.07. The number of nitrogens with one attached hydrogen (secondary N) is 2. The van der Waals surface area contributed by atoms with Crippen LogP contribution in [0.15, 0.2) is 48.5 Å². The van der Waals surface area contributed by atoms with Crippen LogP contribution in [-0.4, -0.2) is 46.1 Å². The molecule has 0 fully saturated rings. The van der Waals surface area contributed by atoms with Gasteiger partial charge in [-0.2, -0.15) is 13.2 Å². The molecule has 2 aromatic carbocycles. The van der Waals surface area contributed by atoms with Gasteiger partial charge in [0.15, 0.2) is 0 Å². The van der Waals surface area contributed by atoms with E-state index in [1.165, 1.54) is 6.07 Å². The zero-order valence-corrected chi connectivity index (χ0v) is 15.7. The fraction of sp³-hybridized carbons (Fsp3) is 0.300. The van der Waals surface area contributed by atoms with Crippen molar-refractivity contribution in [3.63, 3.8) is 0 Å². The number of hydrogen-bond acceptors (Lipinski definition) is 4. The quantitative estimate of drug-likeness (QED) is 0.524. The minimum Gasteiger partial charge on any atom is -0.480 e. The van der Waals surface area contributed by atoms with Gasteiger partial charge in [-0.15, -0.1) is 0 Å². The maximum atomic E-state index is 13.1. The molecule has 0 aliphatic rings. The Balaban J connectivity index is 1.85. The number of rotatable bonds is 8. The van der Waals surface area contributed by atoms with E-state index in [0.717, 1.165) is 23.2 Å². The predicted octanol–water partition coefficient (Wildman–Crippen LogP) is 4.14. The Bertz CT molecular complexity index is 954. The molecule has 1 aromatic heterocycles. The molecule has 3 rings (SSSR count). The van der Waals surface area contributed by atoms with Crippen LogP contribution < -0.4 is 5.32 Å². The number of nitrogens with zero attached hydrogens (tertiary/aromatic N) is 2. The lowest BCUT2D eigenvalue weighted by atomic mass is 10.0. The van der Waals surface area contributed by atoms with Gasteiger partial charge in [-0.05, 0) is 43.3 Å². The fourth-order valence-electron chi connectivity index (χ4n) is 3.10. The minimum absolute atomic E-state index is 0.153. The summed E-state index contributed by atoms with van der Waals surface area (Å²) in [6.07, 6.45) is -4.05. The lowest BCUT2D eigenvalue weighted by Crippen LogP contribution is -2.28. The van der Waals surface area contributed by atoms with Crippen molar-refractivity contribution in [2.75, 3.05) is 25.5 Å². The first kappa shape index (κ1) is 20.7. The molecular formula is C20H21F3N4O2. The second-order valence-corrected chi connectivity index (χ2v) is 6.84. The minimum atomic E-state index is -4.44. The third kappa shape index (κ3) is 5.47. The molecule has 0 radical (unpaired) electrons. The van der Waals surface area contributed by atoms with Gasteiger partial charge in [0.1, 0.15) is 0 Å². The molecule has 9 heteroatoms. The number of carboxylic acids is 1. The van der Waals surface area contributed by atoms with E-state index in [0.29, 0.717) is 24.5 Å². The number of H-pyrrole nitrogens is 1. The third-order valence-electron chi connectivity index (χ3n) is 4.52. The first-order valence-electron chi connectivity index (χ1n) is 9.01. The number of carbonyl (C=O) groups is 1.